The second-order valence-corrected chi connectivity index (χ2v) is 5.85. The molecule has 0 aromatic rings. The molecule has 2 unspecified atom stereocenters. The maximum absolute atomic E-state index is 12.1. The molecule has 6 heteroatoms. The fourth-order valence-electron chi connectivity index (χ4n) is 2.64. The number of nitrogens with zero attached hydrogens (tertiary/aromatic N) is 2. The molecule has 116 valence electrons. The Bertz CT molecular complexity index is 344. The molecule has 4 N–H and O–H groups in total. The summed E-state index contributed by atoms with van der Waals surface area (Å²) < 4.78 is 0. The lowest BCUT2D eigenvalue weighted by Crippen LogP contribution is -2.41. The number of carbonyl (C=O) groups excluding carboxylic acids is 1. The number of amidine groups is 1. The van der Waals surface area contributed by atoms with Gasteiger partial charge < -0.3 is 21.2 Å². The van der Waals surface area contributed by atoms with E-state index in [4.69, 9.17) is 10.9 Å². The van der Waals surface area contributed by atoms with E-state index in [1.54, 1.807) is 0 Å². The van der Waals surface area contributed by atoms with E-state index >= 15 is 0 Å². The van der Waals surface area contributed by atoms with Crippen molar-refractivity contribution in [1.29, 1.82) is 0 Å². The number of likely N-dealkylation sites (tertiary alicyclic amines) is 1. The first-order valence-corrected chi connectivity index (χ1v) is 7.48. The summed E-state index contributed by atoms with van der Waals surface area (Å²) in [6.45, 7) is 9.15. The first kappa shape index (κ1) is 16.8. The molecule has 1 aliphatic rings. The highest BCUT2D eigenvalue weighted by molar-refractivity contribution is 6.02. The lowest BCUT2D eigenvalue weighted by molar-refractivity contribution is -0.123. The number of carbonyl (C=O) groups is 1. The highest BCUT2D eigenvalue weighted by Crippen LogP contribution is 2.18. The van der Waals surface area contributed by atoms with Crippen molar-refractivity contribution in [1.82, 2.24) is 10.2 Å². The van der Waals surface area contributed by atoms with Gasteiger partial charge in [0.15, 0.2) is 5.84 Å². The van der Waals surface area contributed by atoms with Crippen LogP contribution in [0.5, 0.6) is 0 Å². The number of amides is 1. The van der Waals surface area contributed by atoms with Crippen LogP contribution in [0.2, 0.25) is 0 Å². The van der Waals surface area contributed by atoms with Crippen molar-refractivity contribution in [3.8, 4) is 0 Å². The summed E-state index contributed by atoms with van der Waals surface area (Å²) in [6, 6.07) is 0.556. The molecule has 6 nitrogen and oxygen atoms in total. The van der Waals surface area contributed by atoms with Crippen LogP contribution in [0.25, 0.3) is 0 Å². The van der Waals surface area contributed by atoms with Crippen LogP contribution in [0.15, 0.2) is 5.16 Å². The Morgan fingerprint density at radius 1 is 1.55 bits per heavy atom. The third-order valence-electron chi connectivity index (χ3n) is 3.98. The number of nitrogens with one attached hydrogen (secondary N) is 1. The summed E-state index contributed by atoms with van der Waals surface area (Å²) >= 11 is 0. The Kier molecular flexibility index (Phi) is 6.78. The summed E-state index contributed by atoms with van der Waals surface area (Å²) in [7, 11) is 0. The van der Waals surface area contributed by atoms with Gasteiger partial charge in [0.05, 0.1) is 5.92 Å². The molecule has 0 aromatic heterocycles. The molecule has 1 amide bonds. The quantitative estimate of drug-likeness (QED) is 0.281. The number of nitrogens with two attached hydrogens (primary N) is 1. The average Bonchev–Trinajstić information content (AvgIpc) is 2.90. The maximum Gasteiger partial charge on any atom is 0.230 e. The first-order chi connectivity index (χ1) is 9.49. The minimum Gasteiger partial charge on any atom is -0.409 e. The van der Waals surface area contributed by atoms with Crippen molar-refractivity contribution in [2.45, 2.75) is 46.1 Å². The molecule has 1 saturated heterocycles. The van der Waals surface area contributed by atoms with Crippen LogP contribution in [-0.4, -0.2) is 47.5 Å². The Morgan fingerprint density at radius 3 is 2.75 bits per heavy atom. The Morgan fingerprint density at radius 2 is 2.25 bits per heavy atom. The number of oxime groups is 1. The van der Waals surface area contributed by atoms with Gasteiger partial charge in [-0.2, -0.15) is 0 Å². The largest absolute Gasteiger partial charge is 0.409 e. The zero-order valence-electron chi connectivity index (χ0n) is 12.8. The van der Waals surface area contributed by atoms with Crippen LogP contribution in [0.1, 0.15) is 40.0 Å². The summed E-state index contributed by atoms with van der Waals surface area (Å²) in [4.78, 5) is 14.5. The summed E-state index contributed by atoms with van der Waals surface area (Å²) in [5.41, 5.74) is 5.58. The topological polar surface area (TPSA) is 91.0 Å². The highest BCUT2D eigenvalue weighted by Gasteiger charge is 2.26. The highest BCUT2D eigenvalue weighted by atomic mass is 16.4. The molecular formula is C14H28N4O2. The third-order valence-corrected chi connectivity index (χ3v) is 3.98. The van der Waals surface area contributed by atoms with Gasteiger partial charge in [0, 0.05) is 19.1 Å². The fourth-order valence-corrected chi connectivity index (χ4v) is 2.64. The molecule has 0 spiro atoms. The van der Waals surface area contributed by atoms with Gasteiger partial charge in [-0.25, -0.2) is 0 Å². The van der Waals surface area contributed by atoms with Gasteiger partial charge >= 0.3 is 0 Å². The Labute approximate surface area is 121 Å². The van der Waals surface area contributed by atoms with E-state index in [1.165, 1.54) is 0 Å². The van der Waals surface area contributed by atoms with Gasteiger partial charge in [0.25, 0.3) is 0 Å². The van der Waals surface area contributed by atoms with Crippen LogP contribution in [-0.2, 0) is 4.79 Å². The smallest absolute Gasteiger partial charge is 0.230 e. The fraction of sp³-hybridized carbons (Fsp3) is 0.857. The van der Waals surface area contributed by atoms with E-state index in [0.717, 1.165) is 25.9 Å². The van der Waals surface area contributed by atoms with E-state index < -0.39 is 5.92 Å². The van der Waals surface area contributed by atoms with Crippen LogP contribution >= 0.6 is 0 Å². The molecule has 1 heterocycles. The van der Waals surface area contributed by atoms with Crippen molar-refractivity contribution in [2.75, 3.05) is 19.6 Å². The van der Waals surface area contributed by atoms with Crippen molar-refractivity contribution < 1.29 is 10.0 Å². The summed E-state index contributed by atoms with van der Waals surface area (Å²) in [6.07, 6.45) is 2.53. The van der Waals surface area contributed by atoms with E-state index in [0.29, 0.717) is 24.9 Å². The van der Waals surface area contributed by atoms with Crippen LogP contribution in [0, 0.1) is 11.8 Å². The Hall–Kier alpha value is -1.30. The second-order valence-electron chi connectivity index (χ2n) is 5.85. The van der Waals surface area contributed by atoms with Gasteiger partial charge in [0.1, 0.15) is 0 Å². The molecule has 0 aromatic carbocycles. The van der Waals surface area contributed by atoms with Gasteiger partial charge in [-0.1, -0.05) is 18.5 Å². The minimum atomic E-state index is -0.521. The van der Waals surface area contributed by atoms with E-state index in [1.807, 2.05) is 6.92 Å². The average molecular weight is 284 g/mol. The van der Waals surface area contributed by atoms with Gasteiger partial charge in [-0.05, 0) is 39.2 Å². The number of hydrogen-bond acceptors (Lipinski definition) is 4. The summed E-state index contributed by atoms with van der Waals surface area (Å²) in [5.74, 6) is -0.159. The molecule has 2 atom stereocenters. The monoisotopic (exact) mass is 284 g/mol. The predicted octanol–water partition coefficient (Wildman–Crippen LogP) is 0.996. The molecule has 1 aliphatic heterocycles. The maximum atomic E-state index is 12.1. The zero-order valence-corrected chi connectivity index (χ0v) is 12.8. The van der Waals surface area contributed by atoms with Gasteiger partial charge in [-0.15, -0.1) is 0 Å². The lowest BCUT2D eigenvalue weighted by atomic mass is 10.0. The van der Waals surface area contributed by atoms with E-state index in [-0.39, 0.29) is 11.7 Å². The molecule has 0 radical (unpaired) electrons. The molecule has 0 bridgehead atoms. The normalized spacial score (nSPS) is 22.2. The number of rotatable bonds is 7. The molecular weight excluding hydrogens is 256 g/mol. The minimum absolute atomic E-state index is 0.000390. The molecule has 1 fully saturated rings. The van der Waals surface area contributed by atoms with Crippen molar-refractivity contribution in [3.63, 3.8) is 0 Å². The number of hydrogen-bond donors (Lipinski definition) is 3. The van der Waals surface area contributed by atoms with Crippen molar-refractivity contribution in [3.05, 3.63) is 0 Å². The molecule has 0 aliphatic carbocycles. The van der Waals surface area contributed by atoms with Crippen LogP contribution < -0.4 is 11.1 Å². The van der Waals surface area contributed by atoms with Gasteiger partial charge in [-0.3, -0.25) is 4.79 Å². The van der Waals surface area contributed by atoms with E-state index in [9.17, 15) is 4.79 Å². The zero-order chi connectivity index (χ0) is 15.1. The molecule has 20 heavy (non-hydrogen) atoms. The molecule has 1 rings (SSSR count). The van der Waals surface area contributed by atoms with Crippen molar-refractivity contribution in [2.24, 2.45) is 22.7 Å². The predicted molar refractivity (Wildman–Crippen MR) is 79.6 cm³/mol. The van der Waals surface area contributed by atoms with Crippen molar-refractivity contribution >= 4 is 11.7 Å². The van der Waals surface area contributed by atoms with Crippen LogP contribution in [0.3, 0.4) is 0 Å². The van der Waals surface area contributed by atoms with Gasteiger partial charge in [0.2, 0.25) is 5.91 Å². The first-order valence-electron chi connectivity index (χ1n) is 7.48. The van der Waals surface area contributed by atoms with E-state index in [2.05, 4.69) is 29.2 Å². The lowest BCUT2D eigenvalue weighted by Gasteiger charge is -2.21. The molecule has 0 saturated carbocycles. The summed E-state index contributed by atoms with van der Waals surface area (Å²) in [5, 5.41) is 14.6. The SMILES string of the molecule is CCCC(C(=O)NCC1CCN(C(C)C)C1)C(N)=NO. The van der Waals surface area contributed by atoms with Crippen LogP contribution in [0.4, 0.5) is 0 Å². The standard InChI is InChI=1S/C14H28N4O2/c1-4-5-12(13(15)17-20)14(19)16-8-11-6-7-18(9-11)10(2)3/h10-12,20H,4-9H2,1-3H3,(H2,15,17)(H,16,19). The third kappa shape index (κ3) is 4.67. The second kappa shape index (κ2) is 8.09. The Balaban J connectivity index is 2.42.